The first-order valence-electron chi connectivity index (χ1n) is 8.88. The van der Waals surface area contributed by atoms with E-state index >= 15 is 0 Å². The van der Waals surface area contributed by atoms with Crippen LogP contribution in [0.2, 0.25) is 5.02 Å². The molecule has 2 aromatic rings. The summed E-state index contributed by atoms with van der Waals surface area (Å²) in [6, 6.07) is 6.53. The Morgan fingerprint density at radius 2 is 1.89 bits per heavy atom. The molecular weight excluding hydrogens is 386 g/mol. The van der Waals surface area contributed by atoms with Crippen molar-refractivity contribution in [1.82, 2.24) is 15.5 Å². The maximum absolute atomic E-state index is 12.2. The van der Waals surface area contributed by atoms with E-state index in [1.807, 2.05) is 12.1 Å². The maximum atomic E-state index is 12.2. The van der Waals surface area contributed by atoms with Crippen LogP contribution in [0.15, 0.2) is 28.7 Å². The number of nitrogens with zero attached hydrogens (tertiary/aromatic N) is 2. The van der Waals surface area contributed by atoms with Crippen LogP contribution in [0.3, 0.4) is 0 Å². The number of hydrogen-bond donors (Lipinski definition) is 1. The highest BCUT2D eigenvalue weighted by Gasteiger charge is 2.25. The lowest BCUT2D eigenvalue weighted by atomic mass is 10.1. The standard InChI is InChI=1S/C19H24ClN3O5/c1-5-26-16(24)11-15-22-23-17(27-15)14(21-18(25)28-19(2,3)4)10-12-6-8-13(20)9-7-12/h6-9,14H,5,10-11H2,1-4H3,(H,21,25)/t14-/m0/s1. The van der Waals surface area contributed by atoms with E-state index in [0.29, 0.717) is 11.4 Å². The average molecular weight is 410 g/mol. The zero-order chi connectivity index (χ0) is 20.7. The van der Waals surface area contributed by atoms with Crippen LogP contribution < -0.4 is 5.32 Å². The number of alkyl carbamates (subject to hydrolysis) is 1. The van der Waals surface area contributed by atoms with Crippen LogP contribution in [0.5, 0.6) is 0 Å². The first-order valence-corrected chi connectivity index (χ1v) is 9.26. The van der Waals surface area contributed by atoms with E-state index in [1.165, 1.54) is 0 Å². The van der Waals surface area contributed by atoms with Gasteiger partial charge in [-0.3, -0.25) is 4.79 Å². The Bertz CT molecular complexity index is 799. The van der Waals surface area contributed by atoms with Gasteiger partial charge in [-0.2, -0.15) is 0 Å². The molecule has 0 saturated heterocycles. The molecule has 28 heavy (non-hydrogen) atoms. The highest BCUT2D eigenvalue weighted by Crippen LogP contribution is 2.20. The molecule has 152 valence electrons. The fraction of sp³-hybridized carbons (Fsp3) is 0.474. The maximum Gasteiger partial charge on any atom is 0.408 e. The van der Waals surface area contributed by atoms with E-state index < -0.39 is 23.7 Å². The van der Waals surface area contributed by atoms with Crippen molar-refractivity contribution in [3.8, 4) is 0 Å². The normalized spacial score (nSPS) is 12.3. The highest BCUT2D eigenvalue weighted by molar-refractivity contribution is 6.30. The lowest BCUT2D eigenvalue weighted by molar-refractivity contribution is -0.142. The molecule has 1 amide bonds. The number of amides is 1. The van der Waals surface area contributed by atoms with Gasteiger partial charge < -0.3 is 19.2 Å². The van der Waals surface area contributed by atoms with Gasteiger partial charge in [-0.1, -0.05) is 23.7 Å². The van der Waals surface area contributed by atoms with Crippen LogP contribution in [0.25, 0.3) is 0 Å². The minimum atomic E-state index is -0.654. The monoisotopic (exact) mass is 409 g/mol. The van der Waals surface area contributed by atoms with Crippen molar-refractivity contribution in [2.75, 3.05) is 6.61 Å². The van der Waals surface area contributed by atoms with E-state index in [0.717, 1.165) is 5.56 Å². The molecular formula is C19H24ClN3O5. The van der Waals surface area contributed by atoms with Crippen molar-refractivity contribution in [3.05, 3.63) is 46.6 Å². The Morgan fingerprint density at radius 3 is 2.50 bits per heavy atom. The van der Waals surface area contributed by atoms with E-state index in [4.69, 9.17) is 25.5 Å². The number of carbonyl (C=O) groups is 2. The number of carbonyl (C=O) groups excluding carboxylic acids is 2. The van der Waals surface area contributed by atoms with Crippen molar-refractivity contribution >= 4 is 23.7 Å². The number of benzene rings is 1. The third-order valence-corrected chi connectivity index (χ3v) is 3.68. The van der Waals surface area contributed by atoms with Crippen molar-refractivity contribution in [1.29, 1.82) is 0 Å². The molecule has 0 aliphatic carbocycles. The van der Waals surface area contributed by atoms with Gasteiger partial charge in [0.2, 0.25) is 11.8 Å². The molecule has 2 rings (SSSR count). The van der Waals surface area contributed by atoms with E-state index in [9.17, 15) is 9.59 Å². The molecule has 1 aromatic heterocycles. The molecule has 0 aliphatic rings. The first-order chi connectivity index (χ1) is 13.2. The molecule has 0 spiro atoms. The average Bonchev–Trinajstić information content (AvgIpc) is 3.03. The van der Waals surface area contributed by atoms with Crippen LogP contribution in [-0.4, -0.2) is 34.5 Å². The Labute approximate surface area is 168 Å². The fourth-order valence-corrected chi connectivity index (χ4v) is 2.45. The van der Waals surface area contributed by atoms with Gasteiger partial charge in [0, 0.05) is 11.4 Å². The van der Waals surface area contributed by atoms with E-state index in [2.05, 4.69) is 15.5 Å². The van der Waals surface area contributed by atoms with E-state index in [-0.39, 0.29) is 24.8 Å². The van der Waals surface area contributed by atoms with Crippen molar-refractivity contribution in [3.63, 3.8) is 0 Å². The van der Waals surface area contributed by atoms with Gasteiger partial charge in [-0.05, 0) is 45.4 Å². The summed E-state index contributed by atoms with van der Waals surface area (Å²) in [5.74, 6) is -0.187. The molecule has 1 N–H and O–H groups in total. The molecule has 1 aromatic carbocycles. The Kier molecular flexibility index (Phi) is 7.39. The van der Waals surface area contributed by atoms with Crippen molar-refractivity contribution in [2.45, 2.75) is 52.2 Å². The zero-order valence-corrected chi connectivity index (χ0v) is 17.1. The predicted octanol–water partition coefficient (Wildman–Crippen LogP) is 3.64. The summed E-state index contributed by atoms with van der Waals surface area (Å²) in [5.41, 5.74) is 0.245. The van der Waals surface area contributed by atoms with Gasteiger partial charge in [0.15, 0.2) is 0 Å². The van der Waals surface area contributed by atoms with Crippen LogP contribution >= 0.6 is 11.6 Å². The molecule has 0 bridgehead atoms. The summed E-state index contributed by atoms with van der Waals surface area (Å²) >= 11 is 5.93. The third kappa shape index (κ3) is 7.19. The number of esters is 1. The SMILES string of the molecule is CCOC(=O)Cc1nnc([C@H](Cc2ccc(Cl)cc2)NC(=O)OC(C)(C)C)o1. The molecule has 1 atom stereocenters. The summed E-state index contributed by atoms with van der Waals surface area (Å²) in [4.78, 5) is 23.8. The molecule has 0 saturated carbocycles. The summed E-state index contributed by atoms with van der Waals surface area (Å²) in [5, 5.41) is 11.2. The molecule has 0 unspecified atom stereocenters. The number of rotatable bonds is 7. The van der Waals surface area contributed by atoms with Gasteiger partial charge >= 0.3 is 12.1 Å². The quantitative estimate of drug-likeness (QED) is 0.696. The number of aromatic nitrogens is 2. The largest absolute Gasteiger partial charge is 0.466 e. The Hall–Kier alpha value is -2.61. The number of hydrogen-bond acceptors (Lipinski definition) is 7. The lowest BCUT2D eigenvalue weighted by Gasteiger charge is -2.22. The van der Waals surface area contributed by atoms with Crippen LogP contribution in [-0.2, 0) is 27.1 Å². The fourth-order valence-electron chi connectivity index (χ4n) is 2.32. The second kappa shape index (κ2) is 9.54. The predicted molar refractivity (Wildman–Crippen MR) is 102 cm³/mol. The van der Waals surface area contributed by atoms with Gasteiger partial charge in [-0.25, -0.2) is 4.79 Å². The number of ether oxygens (including phenoxy) is 2. The summed E-state index contributed by atoms with van der Waals surface area (Å²) in [6.07, 6.45) is -0.380. The first kappa shape index (κ1) is 21.7. The smallest absolute Gasteiger partial charge is 0.408 e. The number of halogens is 1. The van der Waals surface area contributed by atoms with Crippen LogP contribution in [0.1, 0.15) is 51.1 Å². The third-order valence-electron chi connectivity index (χ3n) is 3.43. The minimum Gasteiger partial charge on any atom is -0.466 e. The molecule has 0 fully saturated rings. The molecule has 8 nitrogen and oxygen atoms in total. The summed E-state index contributed by atoms with van der Waals surface area (Å²) in [7, 11) is 0. The summed E-state index contributed by atoms with van der Waals surface area (Å²) in [6.45, 7) is 7.28. The van der Waals surface area contributed by atoms with Gasteiger partial charge in [0.25, 0.3) is 0 Å². The number of nitrogens with one attached hydrogen (secondary N) is 1. The van der Waals surface area contributed by atoms with Gasteiger partial charge in [-0.15, -0.1) is 10.2 Å². The van der Waals surface area contributed by atoms with Crippen LogP contribution in [0, 0.1) is 0 Å². The van der Waals surface area contributed by atoms with Crippen molar-refractivity contribution in [2.24, 2.45) is 0 Å². The van der Waals surface area contributed by atoms with E-state index in [1.54, 1.807) is 39.8 Å². The molecule has 9 heteroatoms. The molecule has 0 aliphatic heterocycles. The second-order valence-corrected chi connectivity index (χ2v) is 7.48. The molecule has 1 heterocycles. The minimum absolute atomic E-state index is 0.112. The highest BCUT2D eigenvalue weighted by atomic mass is 35.5. The zero-order valence-electron chi connectivity index (χ0n) is 16.3. The second-order valence-electron chi connectivity index (χ2n) is 7.05. The Balaban J connectivity index is 2.17. The summed E-state index contributed by atoms with van der Waals surface area (Å²) < 4.78 is 15.8. The topological polar surface area (TPSA) is 104 Å². The van der Waals surface area contributed by atoms with Gasteiger partial charge in [0.05, 0.1) is 6.61 Å². The Morgan fingerprint density at radius 1 is 1.21 bits per heavy atom. The van der Waals surface area contributed by atoms with Crippen LogP contribution in [0.4, 0.5) is 4.79 Å². The molecule has 0 radical (unpaired) electrons. The lowest BCUT2D eigenvalue weighted by Crippen LogP contribution is -2.36. The van der Waals surface area contributed by atoms with Crippen molar-refractivity contribution < 1.29 is 23.5 Å². The van der Waals surface area contributed by atoms with Gasteiger partial charge in [0.1, 0.15) is 18.1 Å².